The quantitative estimate of drug-likeness (QED) is 0.504. The summed E-state index contributed by atoms with van der Waals surface area (Å²) in [4.78, 5) is 1.29. The Hall–Kier alpha value is -0.180. The van der Waals surface area contributed by atoms with Crippen molar-refractivity contribution >= 4 is 23.4 Å². The smallest absolute Gasteiger partial charge is 0.0417 e. The van der Waals surface area contributed by atoms with Crippen molar-refractivity contribution in [2.75, 3.05) is 12.3 Å². The maximum absolute atomic E-state index is 6.09. The van der Waals surface area contributed by atoms with Crippen molar-refractivity contribution in [3.8, 4) is 0 Å². The first-order valence-electron chi connectivity index (χ1n) is 8.41. The molecule has 1 fully saturated rings. The van der Waals surface area contributed by atoms with Crippen LogP contribution in [0.5, 0.6) is 0 Å². The van der Waals surface area contributed by atoms with Gasteiger partial charge in [0.25, 0.3) is 0 Å². The van der Waals surface area contributed by atoms with Crippen LogP contribution in [-0.4, -0.2) is 18.3 Å². The van der Waals surface area contributed by atoms with E-state index in [0.717, 1.165) is 23.2 Å². The summed E-state index contributed by atoms with van der Waals surface area (Å²) in [6.07, 6.45) is 9.70. The van der Waals surface area contributed by atoms with E-state index in [1.807, 2.05) is 23.9 Å². The topological polar surface area (TPSA) is 12.0 Å². The van der Waals surface area contributed by atoms with Gasteiger partial charge in [0.05, 0.1) is 0 Å². The van der Waals surface area contributed by atoms with E-state index >= 15 is 0 Å². The van der Waals surface area contributed by atoms with Crippen LogP contribution in [0, 0.1) is 5.92 Å². The van der Waals surface area contributed by atoms with E-state index in [1.54, 1.807) is 0 Å². The van der Waals surface area contributed by atoms with Crippen LogP contribution in [0.4, 0.5) is 0 Å². The normalized spacial score (nSPS) is 18.4. The maximum atomic E-state index is 6.09. The van der Waals surface area contributed by atoms with Gasteiger partial charge in [-0.1, -0.05) is 50.3 Å². The third-order valence-corrected chi connectivity index (χ3v) is 5.70. The summed E-state index contributed by atoms with van der Waals surface area (Å²) in [5, 5.41) is 4.64. The van der Waals surface area contributed by atoms with Gasteiger partial charge in [0.15, 0.2) is 0 Å². The summed E-state index contributed by atoms with van der Waals surface area (Å²) in [5.41, 5.74) is 0. The van der Waals surface area contributed by atoms with Gasteiger partial charge < -0.3 is 5.32 Å². The van der Waals surface area contributed by atoms with Crippen LogP contribution in [0.2, 0.25) is 5.02 Å². The second-order valence-corrected chi connectivity index (χ2v) is 7.61. The van der Waals surface area contributed by atoms with E-state index < -0.39 is 0 Å². The van der Waals surface area contributed by atoms with Crippen molar-refractivity contribution in [2.24, 2.45) is 5.92 Å². The Morgan fingerprint density at radius 3 is 2.67 bits per heavy atom. The van der Waals surface area contributed by atoms with Gasteiger partial charge in [-0.3, -0.25) is 0 Å². The van der Waals surface area contributed by atoms with E-state index in [-0.39, 0.29) is 0 Å². The Kier molecular flexibility index (Phi) is 7.98. The van der Waals surface area contributed by atoms with Crippen molar-refractivity contribution in [1.29, 1.82) is 0 Å². The molecule has 0 heterocycles. The average Bonchev–Trinajstić information content (AvgIpc) is 2.77. The van der Waals surface area contributed by atoms with Crippen LogP contribution >= 0.6 is 23.4 Å². The molecule has 1 saturated carbocycles. The van der Waals surface area contributed by atoms with Gasteiger partial charge in [-0.05, 0) is 49.9 Å². The van der Waals surface area contributed by atoms with Crippen molar-refractivity contribution < 1.29 is 0 Å². The summed E-state index contributed by atoms with van der Waals surface area (Å²) in [7, 11) is 0. The molecule has 0 amide bonds. The molecule has 0 aliphatic heterocycles. The summed E-state index contributed by atoms with van der Waals surface area (Å²) < 4.78 is 0. The van der Waals surface area contributed by atoms with Crippen LogP contribution in [0.15, 0.2) is 29.2 Å². The highest BCUT2D eigenvalue weighted by molar-refractivity contribution is 7.99. The number of hydrogen-bond acceptors (Lipinski definition) is 2. The van der Waals surface area contributed by atoms with Gasteiger partial charge in [-0.15, -0.1) is 11.8 Å². The third-order valence-electron chi connectivity index (χ3n) is 4.35. The first-order valence-corrected chi connectivity index (χ1v) is 9.77. The Balaban J connectivity index is 1.91. The zero-order valence-corrected chi connectivity index (χ0v) is 14.7. The van der Waals surface area contributed by atoms with Crippen LogP contribution in [0.1, 0.15) is 51.9 Å². The zero-order chi connectivity index (χ0) is 14.9. The summed E-state index contributed by atoms with van der Waals surface area (Å²) >= 11 is 8.03. The number of nitrogens with one attached hydrogen (secondary N) is 1. The molecule has 0 radical (unpaired) electrons. The lowest BCUT2D eigenvalue weighted by Crippen LogP contribution is -2.38. The molecule has 1 unspecified atom stereocenters. The van der Waals surface area contributed by atoms with Crippen molar-refractivity contribution in [3.05, 3.63) is 29.3 Å². The number of halogens is 1. The maximum Gasteiger partial charge on any atom is 0.0417 e. The third kappa shape index (κ3) is 6.22. The largest absolute Gasteiger partial charge is 0.313 e. The van der Waals surface area contributed by atoms with Gasteiger partial charge in [-0.25, -0.2) is 0 Å². The van der Waals surface area contributed by atoms with E-state index in [9.17, 15) is 0 Å². The monoisotopic (exact) mass is 325 g/mol. The fourth-order valence-electron chi connectivity index (χ4n) is 3.15. The SMILES string of the molecule is CCCNC(CSc1cccc(Cl)c1)C1CCCCCC1. The van der Waals surface area contributed by atoms with Gasteiger partial charge in [0.1, 0.15) is 0 Å². The zero-order valence-electron chi connectivity index (χ0n) is 13.1. The molecule has 3 heteroatoms. The second-order valence-electron chi connectivity index (χ2n) is 6.08. The Morgan fingerprint density at radius 2 is 2.00 bits per heavy atom. The van der Waals surface area contributed by atoms with Crippen LogP contribution < -0.4 is 5.32 Å². The number of hydrogen-bond donors (Lipinski definition) is 1. The predicted molar refractivity (Wildman–Crippen MR) is 95.4 cm³/mol. The highest BCUT2D eigenvalue weighted by atomic mass is 35.5. The second kappa shape index (κ2) is 9.76. The summed E-state index contributed by atoms with van der Waals surface area (Å²) in [5.74, 6) is 2.01. The standard InChI is InChI=1S/C18H28ClNS/c1-2-12-20-18(15-8-5-3-4-6-9-15)14-21-17-11-7-10-16(19)13-17/h7,10-11,13,15,18,20H,2-6,8-9,12,14H2,1H3. The highest BCUT2D eigenvalue weighted by Crippen LogP contribution is 2.29. The number of thioether (sulfide) groups is 1. The van der Waals surface area contributed by atoms with Crippen LogP contribution in [0.3, 0.4) is 0 Å². The molecule has 0 aromatic heterocycles. The molecular formula is C18H28ClNS. The van der Waals surface area contributed by atoms with Gasteiger partial charge in [-0.2, -0.15) is 0 Å². The number of benzene rings is 1. The van der Waals surface area contributed by atoms with Gasteiger partial charge >= 0.3 is 0 Å². The van der Waals surface area contributed by atoms with E-state index in [0.29, 0.717) is 6.04 Å². The fourth-order valence-corrected chi connectivity index (χ4v) is 4.55. The minimum atomic E-state index is 0.645. The van der Waals surface area contributed by atoms with Crippen molar-refractivity contribution in [1.82, 2.24) is 5.32 Å². The predicted octanol–water partition coefficient (Wildman–Crippen LogP) is 5.77. The first kappa shape index (κ1) is 17.2. The minimum absolute atomic E-state index is 0.645. The lowest BCUT2D eigenvalue weighted by molar-refractivity contribution is 0.343. The van der Waals surface area contributed by atoms with Gasteiger partial charge in [0, 0.05) is 21.7 Å². The lowest BCUT2D eigenvalue weighted by atomic mass is 9.93. The van der Waals surface area contributed by atoms with Crippen LogP contribution in [0.25, 0.3) is 0 Å². The molecule has 1 nitrogen and oxygen atoms in total. The van der Waals surface area contributed by atoms with Crippen molar-refractivity contribution in [3.63, 3.8) is 0 Å². The molecule has 1 atom stereocenters. The molecule has 0 saturated heterocycles. The van der Waals surface area contributed by atoms with E-state index in [4.69, 9.17) is 11.6 Å². The molecule has 1 N–H and O–H groups in total. The number of rotatable bonds is 7. The Morgan fingerprint density at radius 1 is 1.24 bits per heavy atom. The van der Waals surface area contributed by atoms with Crippen molar-refractivity contribution in [2.45, 2.75) is 62.8 Å². The molecule has 0 bridgehead atoms. The van der Waals surface area contributed by atoms with Gasteiger partial charge in [0.2, 0.25) is 0 Å². The average molecular weight is 326 g/mol. The fraction of sp³-hybridized carbons (Fsp3) is 0.667. The Labute approximate surface area is 139 Å². The summed E-state index contributed by atoms with van der Waals surface area (Å²) in [6.45, 7) is 3.39. The molecule has 1 aromatic carbocycles. The molecule has 2 rings (SSSR count). The van der Waals surface area contributed by atoms with E-state index in [1.165, 1.54) is 49.8 Å². The first-order chi connectivity index (χ1) is 10.3. The minimum Gasteiger partial charge on any atom is -0.313 e. The molecule has 1 aliphatic rings. The molecule has 1 aromatic rings. The molecule has 21 heavy (non-hydrogen) atoms. The van der Waals surface area contributed by atoms with E-state index in [2.05, 4.69) is 24.4 Å². The Bertz CT molecular complexity index is 402. The lowest BCUT2D eigenvalue weighted by Gasteiger charge is -2.27. The molecule has 0 spiro atoms. The molecular weight excluding hydrogens is 298 g/mol. The summed E-state index contributed by atoms with van der Waals surface area (Å²) in [6, 6.07) is 8.89. The molecule has 118 valence electrons. The highest BCUT2D eigenvalue weighted by Gasteiger charge is 2.22. The molecule has 1 aliphatic carbocycles. The van der Waals surface area contributed by atoms with Crippen LogP contribution in [-0.2, 0) is 0 Å².